The van der Waals surface area contributed by atoms with Gasteiger partial charge in [0.2, 0.25) is 5.91 Å². The van der Waals surface area contributed by atoms with Gasteiger partial charge >= 0.3 is 0 Å². The minimum atomic E-state index is -3.51. The van der Waals surface area contributed by atoms with E-state index < -0.39 is 10.2 Å². The van der Waals surface area contributed by atoms with Crippen molar-refractivity contribution in [3.8, 4) is 0 Å². The predicted octanol–water partition coefficient (Wildman–Crippen LogP) is 3.27. The molecule has 1 N–H and O–H groups in total. The van der Waals surface area contributed by atoms with Gasteiger partial charge in [0.1, 0.15) is 0 Å². The predicted molar refractivity (Wildman–Crippen MR) is 121 cm³/mol. The van der Waals surface area contributed by atoms with Gasteiger partial charge in [-0.1, -0.05) is 18.2 Å². The molecule has 1 unspecified atom stereocenters. The lowest BCUT2D eigenvalue weighted by Crippen LogP contribution is -2.47. The topological polar surface area (TPSA) is 74.6 Å². The summed E-state index contributed by atoms with van der Waals surface area (Å²) in [6, 6.07) is 14.2. The van der Waals surface area contributed by atoms with E-state index in [4.69, 9.17) is 0 Å². The zero-order valence-electron chi connectivity index (χ0n) is 17.6. The molecule has 8 heteroatoms. The first-order valence-corrected chi connectivity index (χ1v) is 11.7. The largest absolute Gasteiger partial charge is 0.341 e. The summed E-state index contributed by atoms with van der Waals surface area (Å²) < 4.78 is 29.7. The molecule has 0 aliphatic carbocycles. The highest BCUT2D eigenvalue weighted by Gasteiger charge is 2.33. The Balaban J connectivity index is 1.58. The van der Waals surface area contributed by atoms with Crippen LogP contribution in [0.4, 0.5) is 5.69 Å². The number of hydrogen-bond acceptors (Lipinski definition) is 3. The van der Waals surface area contributed by atoms with Crippen molar-refractivity contribution in [3.63, 3.8) is 0 Å². The highest BCUT2D eigenvalue weighted by atomic mass is 32.2. The van der Waals surface area contributed by atoms with Crippen molar-refractivity contribution in [3.05, 3.63) is 42.5 Å². The number of hydrogen-bond donors (Lipinski definition) is 1. The number of anilines is 1. The fourth-order valence-electron chi connectivity index (χ4n) is 4.31. The molecule has 2 heterocycles. The Morgan fingerprint density at radius 2 is 1.87 bits per heavy atom. The number of aryl methyl sites for hydroxylation is 1. The van der Waals surface area contributed by atoms with Gasteiger partial charge in [0.15, 0.2) is 0 Å². The van der Waals surface area contributed by atoms with E-state index in [2.05, 4.69) is 28.9 Å². The van der Waals surface area contributed by atoms with Crippen LogP contribution in [0, 0.1) is 5.92 Å². The number of carbonyl (C=O) groups is 1. The lowest BCUT2D eigenvalue weighted by atomic mass is 9.98. The Labute approximate surface area is 177 Å². The van der Waals surface area contributed by atoms with E-state index in [1.165, 1.54) is 28.2 Å². The average Bonchev–Trinajstić information content (AvgIpc) is 3.06. The number of amides is 1. The molecule has 0 bridgehead atoms. The van der Waals surface area contributed by atoms with Crippen molar-refractivity contribution in [2.24, 2.45) is 5.92 Å². The number of nitrogens with one attached hydrogen (secondary N) is 1. The number of fused-ring (bicyclic) bond motifs is 3. The van der Waals surface area contributed by atoms with Gasteiger partial charge in [-0.2, -0.15) is 17.0 Å². The molecule has 7 nitrogen and oxygen atoms in total. The Morgan fingerprint density at radius 3 is 2.60 bits per heavy atom. The molecule has 4 rings (SSSR count). The Bertz CT molecular complexity index is 1200. The zero-order chi connectivity index (χ0) is 21.5. The van der Waals surface area contributed by atoms with Gasteiger partial charge in [0, 0.05) is 61.2 Å². The molecular formula is C22H28N4O3S. The number of nitrogens with zero attached hydrogens (tertiary/aromatic N) is 3. The van der Waals surface area contributed by atoms with E-state index in [0.29, 0.717) is 19.4 Å². The van der Waals surface area contributed by atoms with E-state index in [1.807, 2.05) is 30.3 Å². The number of benzene rings is 2. The standard InChI is InChI=1S/C22H28N4O3S/c1-4-26-20-10-6-5-9-18(20)19-14-17(11-12-21(19)26)23-22(27)16-8-7-13-25(15-16)30(28,29)24(2)3/h5-6,9-12,14,16H,4,7-8,13,15H2,1-3H3,(H,23,27). The SMILES string of the molecule is CCn1c2ccccc2c2cc(NC(=O)C3CCCN(S(=O)(=O)N(C)C)C3)ccc21. The summed E-state index contributed by atoms with van der Waals surface area (Å²) in [5.41, 5.74) is 3.05. The molecule has 2 aromatic carbocycles. The smallest absolute Gasteiger partial charge is 0.281 e. The molecule has 3 aromatic rings. The summed E-state index contributed by atoms with van der Waals surface area (Å²) in [5.74, 6) is -0.492. The van der Waals surface area contributed by atoms with Crippen molar-refractivity contribution in [1.82, 2.24) is 13.2 Å². The molecule has 0 saturated carbocycles. The third-order valence-corrected chi connectivity index (χ3v) is 7.81. The maximum absolute atomic E-state index is 12.9. The van der Waals surface area contributed by atoms with Crippen LogP contribution in [0.15, 0.2) is 42.5 Å². The maximum Gasteiger partial charge on any atom is 0.281 e. The van der Waals surface area contributed by atoms with Crippen molar-refractivity contribution < 1.29 is 13.2 Å². The van der Waals surface area contributed by atoms with Gasteiger partial charge in [0.25, 0.3) is 10.2 Å². The molecule has 1 aliphatic rings. The molecule has 160 valence electrons. The van der Waals surface area contributed by atoms with Crippen LogP contribution in [-0.4, -0.2) is 54.7 Å². The third kappa shape index (κ3) is 3.59. The summed E-state index contributed by atoms with van der Waals surface area (Å²) in [6.45, 7) is 3.66. The fourth-order valence-corrected chi connectivity index (χ4v) is 5.50. The number of rotatable bonds is 5. The van der Waals surface area contributed by atoms with Gasteiger partial charge in [0.05, 0.1) is 5.92 Å². The van der Waals surface area contributed by atoms with Crippen LogP contribution in [0.5, 0.6) is 0 Å². The third-order valence-electron chi connectivity index (χ3n) is 5.90. The van der Waals surface area contributed by atoms with E-state index in [9.17, 15) is 13.2 Å². The van der Waals surface area contributed by atoms with Gasteiger partial charge in [-0.05, 0) is 44.0 Å². The van der Waals surface area contributed by atoms with Crippen molar-refractivity contribution in [2.45, 2.75) is 26.3 Å². The first-order valence-electron chi connectivity index (χ1n) is 10.3. The first-order chi connectivity index (χ1) is 14.3. The van der Waals surface area contributed by atoms with Crippen LogP contribution in [-0.2, 0) is 21.5 Å². The number of piperidine rings is 1. The molecule has 30 heavy (non-hydrogen) atoms. The minimum Gasteiger partial charge on any atom is -0.341 e. The summed E-state index contributed by atoms with van der Waals surface area (Å²) in [4.78, 5) is 12.9. The van der Waals surface area contributed by atoms with Crippen LogP contribution < -0.4 is 5.32 Å². The van der Waals surface area contributed by atoms with Crippen LogP contribution in [0.3, 0.4) is 0 Å². The maximum atomic E-state index is 12.9. The molecular weight excluding hydrogens is 400 g/mol. The molecule has 0 radical (unpaired) electrons. The average molecular weight is 429 g/mol. The van der Waals surface area contributed by atoms with E-state index in [-0.39, 0.29) is 18.4 Å². The van der Waals surface area contributed by atoms with Crippen LogP contribution in [0.1, 0.15) is 19.8 Å². The molecule has 1 aromatic heterocycles. The summed E-state index contributed by atoms with van der Waals surface area (Å²) in [6.07, 6.45) is 1.36. The number of aromatic nitrogens is 1. The molecule has 1 amide bonds. The van der Waals surface area contributed by atoms with Crippen molar-refractivity contribution in [2.75, 3.05) is 32.5 Å². The van der Waals surface area contributed by atoms with Crippen molar-refractivity contribution in [1.29, 1.82) is 0 Å². The normalized spacial score (nSPS) is 18.3. The van der Waals surface area contributed by atoms with Crippen molar-refractivity contribution >= 4 is 43.6 Å². The van der Waals surface area contributed by atoms with Gasteiger partial charge in [-0.15, -0.1) is 0 Å². The molecule has 1 saturated heterocycles. The fraction of sp³-hybridized carbons (Fsp3) is 0.409. The monoisotopic (exact) mass is 428 g/mol. The van der Waals surface area contributed by atoms with Gasteiger partial charge in [-0.3, -0.25) is 4.79 Å². The summed E-state index contributed by atoms with van der Waals surface area (Å²) in [5, 5.41) is 5.27. The Morgan fingerprint density at radius 1 is 1.13 bits per heavy atom. The first kappa shape index (κ1) is 20.8. The lowest BCUT2D eigenvalue weighted by Gasteiger charge is -2.32. The zero-order valence-corrected chi connectivity index (χ0v) is 18.4. The Kier molecular flexibility index (Phi) is 5.57. The molecule has 1 fully saturated rings. The minimum absolute atomic E-state index is 0.132. The second kappa shape index (κ2) is 8.02. The summed E-state index contributed by atoms with van der Waals surface area (Å²) >= 11 is 0. The second-order valence-corrected chi connectivity index (χ2v) is 10.1. The van der Waals surface area contributed by atoms with Gasteiger partial charge in [-0.25, -0.2) is 0 Å². The van der Waals surface area contributed by atoms with E-state index in [1.54, 1.807) is 0 Å². The van der Waals surface area contributed by atoms with Crippen LogP contribution in [0.25, 0.3) is 21.8 Å². The van der Waals surface area contributed by atoms with E-state index in [0.717, 1.165) is 28.5 Å². The highest BCUT2D eigenvalue weighted by molar-refractivity contribution is 7.86. The Hall–Kier alpha value is -2.42. The molecule has 1 atom stereocenters. The second-order valence-electron chi connectivity index (χ2n) is 7.97. The lowest BCUT2D eigenvalue weighted by molar-refractivity contribution is -0.120. The molecule has 0 spiro atoms. The van der Waals surface area contributed by atoms with Crippen LogP contribution >= 0.6 is 0 Å². The summed E-state index contributed by atoms with van der Waals surface area (Å²) in [7, 11) is -0.479. The number of carbonyl (C=O) groups excluding carboxylic acids is 1. The molecule has 1 aliphatic heterocycles. The quantitative estimate of drug-likeness (QED) is 0.678. The van der Waals surface area contributed by atoms with Gasteiger partial charge < -0.3 is 9.88 Å². The number of para-hydroxylation sites is 1. The van der Waals surface area contributed by atoms with E-state index >= 15 is 0 Å². The highest BCUT2D eigenvalue weighted by Crippen LogP contribution is 2.31. The van der Waals surface area contributed by atoms with Crippen LogP contribution in [0.2, 0.25) is 0 Å².